The second kappa shape index (κ2) is 7.19. The number of anilines is 2. The lowest BCUT2D eigenvalue weighted by molar-refractivity contribution is 0.0968. The average Bonchev–Trinajstić information content (AvgIpc) is 3.21. The van der Waals surface area contributed by atoms with Gasteiger partial charge in [-0.2, -0.15) is 0 Å². The maximum Gasteiger partial charge on any atom is 0.263 e. The van der Waals surface area contributed by atoms with Crippen LogP contribution in [0.15, 0.2) is 4.90 Å². The molecule has 1 aliphatic rings. The molecule has 0 aliphatic heterocycles. The van der Waals surface area contributed by atoms with E-state index in [0.717, 1.165) is 29.0 Å². The second-order valence-corrected chi connectivity index (χ2v) is 6.57. The predicted octanol–water partition coefficient (Wildman–Crippen LogP) is 2.25. The highest BCUT2D eigenvalue weighted by Gasteiger charge is 2.21. The van der Waals surface area contributed by atoms with Crippen LogP contribution in [0.4, 0.5) is 10.7 Å². The van der Waals surface area contributed by atoms with Gasteiger partial charge in [0.15, 0.2) is 0 Å². The summed E-state index contributed by atoms with van der Waals surface area (Å²) in [6.07, 6.45) is 4.57. The zero-order valence-electron chi connectivity index (χ0n) is 11.8. The molecule has 0 bridgehead atoms. The van der Waals surface area contributed by atoms with Gasteiger partial charge in [0.05, 0.1) is 17.2 Å². The molecule has 1 aromatic rings. The molecule has 0 atom stereocenters. The average molecular weight is 315 g/mol. The van der Waals surface area contributed by atoms with Crippen LogP contribution in [-0.4, -0.2) is 39.0 Å². The van der Waals surface area contributed by atoms with Crippen molar-refractivity contribution in [1.82, 2.24) is 5.32 Å². The standard InChI is InChI=1S/C13H21N3O2S2/c1-15-12(17)10-9(14)11(19-2)13(20-10)16-5-6-18-7-8-3-4-8/h8,16H,3-7,14H2,1-2H3,(H,15,17). The summed E-state index contributed by atoms with van der Waals surface area (Å²) in [7, 11) is 1.61. The van der Waals surface area contributed by atoms with Crippen LogP contribution in [0.3, 0.4) is 0 Å². The Hall–Kier alpha value is -0.920. The molecule has 0 spiro atoms. The molecule has 20 heavy (non-hydrogen) atoms. The third-order valence-corrected chi connectivity index (χ3v) is 5.24. The molecule has 5 nitrogen and oxygen atoms in total. The maximum atomic E-state index is 11.7. The molecule has 0 unspecified atom stereocenters. The van der Waals surface area contributed by atoms with Crippen molar-refractivity contribution in [1.29, 1.82) is 0 Å². The molecule has 4 N–H and O–H groups in total. The van der Waals surface area contributed by atoms with Gasteiger partial charge >= 0.3 is 0 Å². The number of thiophene rings is 1. The Morgan fingerprint density at radius 3 is 2.90 bits per heavy atom. The lowest BCUT2D eigenvalue weighted by Crippen LogP contribution is -2.17. The molecule has 0 saturated heterocycles. The summed E-state index contributed by atoms with van der Waals surface area (Å²) in [6, 6.07) is 0. The number of nitrogens with two attached hydrogens (primary N) is 1. The summed E-state index contributed by atoms with van der Waals surface area (Å²) < 4.78 is 5.58. The minimum Gasteiger partial charge on any atom is -0.396 e. The Bertz CT molecular complexity index is 472. The third kappa shape index (κ3) is 3.80. The number of hydrogen-bond acceptors (Lipinski definition) is 6. The van der Waals surface area contributed by atoms with Crippen molar-refractivity contribution >= 4 is 39.7 Å². The van der Waals surface area contributed by atoms with Gasteiger partial charge in [0.25, 0.3) is 5.91 Å². The molecule has 0 radical (unpaired) electrons. The summed E-state index contributed by atoms with van der Waals surface area (Å²) in [6.45, 7) is 2.28. The molecule has 1 amide bonds. The largest absolute Gasteiger partial charge is 0.396 e. The van der Waals surface area contributed by atoms with Gasteiger partial charge in [-0.05, 0) is 25.0 Å². The molecule has 7 heteroatoms. The van der Waals surface area contributed by atoms with Gasteiger partial charge in [0, 0.05) is 20.2 Å². The van der Waals surface area contributed by atoms with Crippen molar-refractivity contribution in [2.75, 3.05) is 44.1 Å². The minimum absolute atomic E-state index is 0.138. The number of thioether (sulfide) groups is 1. The zero-order chi connectivity index (χ0) is 14.5. The van der Waals surface area contributed by atoms with Gasteiger partial charge in [0.2, 0.25) is 0 Å². The predicted molar refractivity (Wildman–Crippen MR) is 85.9 cm³/mol. The summed E-state index contributed by atoms with van der Waals surface area (Å²) >= 11 is 2.95. The monoisotopic (exact) mass is 315 g/mol. The van der Waals surface area contributed by atoms with Crippen LogP contribution in [0.2, 0.25) is 0 Å². The summed E-state index contributed by atoms with van der Waals surface area (Å²) in [5, 5.41) is 6.87. The molecular weight excluding hydrogens is 294 g/mol. The lowest BCUT2D eigenvalue weighted by atomic mass is 10.3. The number of hydrogen-bond donors (Lipinski definition) is 3. The molecule has 2 rings (SSSR count). The van der Waals surface area contributed by atoms with E-state index in [9.17, 15) is 4.79 Å². The normalized spacial score (nSPS) is 14.3. The molecule has 1 saturated carbocycles. The van der Waals surface area contributed by atoms with Gasteiger partial charge in [0.1, 0.15) is 9.88 Å². The molecule has 1 heterocycles. The second-order valence-electron chi connectivity index (χ2n) is 4.73. The van der Waals surface area contributed by atoms with Gasteiger partial charge in [-0.25, -0.2) is 0 Å². The third-order valence-electron chi connectivity index (χ3n) is 3.12. The van der Waals surface area contributed by atoms with Crippen molar-refractivity contribution in [3.63, 3.8) is 0 Å². The Morgan fingerprint density at radius 1 is 1.55 bits per heavy atom. The van der Waals surface area contributed by atoms with E-state index in [2.05, 4.69) is 10.6 Å². The number of amides is 1. The van der Waals surface area contributed by atoms with Crippen LogP contribution in [0.25, 0.3) is 0 Å². The molecule has 1 fully saturated rings. The molecule has 0 aromatic carbocycles. The first-order valence-electron chi connectivity index (χ1n) is 6.67. The van der Waals surface area contributed by atoms with Crippen LogP contribution < -0.4 is 16.4 Å². The van der Waals surface area contributed by atoms with E-state index in [-0.39, 0.29) is 5.91 Å². The Kier molecular flexibility index (Phi) is 5.56. The van der Waals surface area contributed by atoms with E-state index in [1.807, 2.05) is 6.26 Å². The Labute approximate surface area is 127 Å². The Morgan fingerprint density at radius 2 is 2.30 bits per heavy atom. The molecule has 1 aliphatic carbocycles. The van der Waals surface area contributed by atoms with Crippen molar-refractivity contribution in [3.8, 4) is 0 Å². The number of carbonyl (C=O) groups is 1. The van der Waals surface area contributed by atoms with Gasteiger partial charge < -0.3 is 21.1 Å². The highest BCUT2D eigenvalue weighted by atomic mass is 32.2. The number of ether oxygens (including phenoxy) is 1. The molecule has 112 valence electrons. The van der Waals surface area contributed by atoms with E-state index >= 15 is 0 Å². The number of rotatable bonds is 8. The van der Waals surface area contributed by atoms with Gasteiger partial charge in [-0.1, -0.05) is 0 Å². The van der Waals surface area contributed by atoms with Crippen LogP contribution in [0.5, 0.6) is 0 Å². The van der Waals surface area contributed by atoms with E-state index in [1.54, 1.807) is 18.8 Å². The van der Waals surface area contributed by atoms with Crippen molar-refractivity contribution in [3.05, 3.63) is 4.88 Å². The highest BCUT2D eigenvalue weighted by molar-refractivity contribution is 7.99. The van der Waals surface area contributed by atoms with Gasteiger partial charge in [-0.15, -0.1) is 23.1 Å². The number of carbonyl (C=O) groups excluding carboxylic acids is 1. The number of nitrogen functional groups attached to an aromatic ring is 1. The van der Waals surface area contributed by atoms with Crippen LogP contribution in [-0.2, 0) is 4.74 Å². The van der Waals surface area contributed by atoms with E-state index in [0.29, 0.717) is 17.2 Å². The fraction of sp³-hybridized carbons (Fsp3) is 0.615. The lowest BCUT2D eigenvalue weighted by Gasteiger charge is -2.06. The first-order valence-corrected chi connectivity index (χ1v) is 8.71. The maximum absolute atomic E-state index is 11.7. The SMILES string of the molecule is CNC(=O)c1sc(NCCOCC2CC2)c(SC)c1N. The van der Waals surface area contributed by atoms with E-state index in [1.165, 1.54) is 24.2 Å². The fourth-order valence-corrected chi connectivity index (χ4v) is 3.81. The topological polar surface area (TPSA) is 76.4 Å². The quantitative estimate of drug-likeness (QED) is 0.507. The van der Waals surface area contributed by atoms with Crippen molar-refractivity contribution < 1.29 is 9.53 Å². The molecular formula is C13H21N3O2S2. The van der Waals surface area contributed by atoms with Gasteiger partial charge in [-0.3, -0.25) is 4.79 Å². The fourth-order valence-electron chi connectivity index (χ4n) is 1.80. The first-order chi connectivity index (χ1) is 9.67. The highest BCUT2D eigenvalue weighted by Crippen LogP contribution is 2.41. The Balaban J connectivity index is 1.89. The van der Waals surface area contributed by atoms with Crippen LogP contribution in [0.1, 0.15) is 22.5 Å². The summed E-state index contributed by atoms with van der Waals surface area (Å²) in [4.78, 5) is 13.2. The number of nitrogens with one attached hydrogen (secondary N) is 2. The summed E-state index contributed by atoms with van der Waals surface area (Å²) in [5.41, 5.74) is 6.59. The van der Waals surface area contributed by atoms with Crippen LogP contribution >= 0.6 is 23.1 Å². The first kappa shape index (κ1) is 15.5. The van der Waals surface area contributed by atoms with Crippen LogP contribution in [0, 0.1) is 5.92 Å². The van der Waals surface area contributed by atoms with E-state index < -0.39 is 0 Å². The molecule has 1 aromatic heterocycles. The smallest absolute Gasteiger partial charge is 0.263 e. The summed E-state index contributed by atoms with van der Waals surface area (Å²) in [5.74, 6) is 0.648. The van der Waals surface area contributed by atoms with Crippen molar-refractivity contribution in [2.45, 2.75) is 17.7 Å². The van der Waals surface area contributed by atoms with E-state index in [4.69, 9.17) is 10.5 Å². The minimum atomic E-state index is -0.138. The zero-order valence-corrected chi connectivity index (χ0v) is 13.5. The van der Waals surface area contributed by atoms with Crippen molar-refractivity contribution in [2.24, 2.45) is 5.92 Å².